The van der Waals surface area contributed by atoms with Gasteiger partial charge in [0.25, 0.3) is 0 Å². The summed E-state index contributed by atoms with van der Waals surface area (Å²) in [7, 11) is 0. The van der Waals surface area contributed by atoms with Crippen molar-refractivity contribution in [3.8, 4) is 0 Å². The van der Waals surface area contributed by atoms with Crippen molar-refractivity contribution >= 4 is 11.8 Å². The first-order valence-corrected chi connectivity index (χ1v) is 10.00. The van der Waals surface area contributed by atoms with Crippen molar-refractivity contribution in [1.29, 1.82) is 0 Å². The van der Waals surface area contributed by atoms with Gasteiger partial charge < -0.3 is 14.8 Å². The van der Waals surface area contributed by atoms with Crippen molar-refractivity contribution in [2.24, 2.45) is 11.8 Å². The summed E-state index contributed by atoms with van der Waals surface area (Å²) in [6.07, 6.45) is 6.81. The van der Waals surface area contributed by atoms with Crippen LogP contribution in [0.1, 0.15) is 46.0 Å². The molecule has 0 bridgehead atoms. The first kappa shape index (κ1) is 16.1. The van der Waals surface area contributed by atoms with E-state index in [0.717, 1.165) is 31.6 Å². The smallest absolute Gasteiger partial charge is 0.0783 e. The normalized spacial score (nSPS) is 36.0. The van der Waals surface area contributed by atoms with E-state index in [9.17, 15) is 0 Å². The van der Waals surface area contributed by atoms with Gasteiger partial charge in [-0.1, -0.05) is 6.92 Å². The molecule has 1 aliphatic carbocycles. The highest BCUT2D eigenvalue weighted by molar-refractivity contribution is 7.99. The predicted octanol–water partition coefficient (Wildman–Crippen LogP) is 3.08. The molecule has 3 aliphatic rings. The average Bonchev–Trinajstić information content (AvgIpc) is 3.25. The van der Waals surface area contributed by atoms with Crippen LogP contribution in [0.15, 0.2) is 0 Å². The van der Waals surface area contributed by atoms with Gasteiger partial charge in [-0.05, 0) is 63.2 Å². The lowest BCUT2D eigenvalue weighted by molar-refractivity contribution is -0.0992. The number of hydrogen-bond acceptors (Lipinski definition) is 4. The Morgan fingerprint density at radius 1 is 1.29 bits per heavy atom. The van der Waals surface area contributed by atoms with E-state index >= 15 is 0 Å². The first-order valence-electron chi connectivity index (χ1n) is 8.84. The fourth-order valence-corrected chi connectivity index (χ4v) is 5.55. The molecule has 0 radical (unpaired) electrons. The summed E-state index contributed by atoms with van der Waals surface area (Å²) in [4.78, 5) is 0. The van der Waals surface area contributed by atoms with Crippen LogP contribution in [-0.2, 0) is 9.47 Å². The molecule has 4 heteroatoms. The monoisotopic (exact) mass is 313 g/mol. The lowest BCUT2D eigenvalue weighted by Crippen LogP contribution is -2.53. The van der Waals surface area contributed by atoms with Crippen molar-refractivity contribution in [3.05, 3.63) is 0 Å². The molecule has 122 valence electrons. The third kappa shape index (κ3) is 3.77. The molecule has 3 rings (SSSR count). The molecule has 1 saturated carbocycles. The molecular weight excluding hydrogens is 282 g/mol. The summed E-state index contributed by atoms with van der Waals surface area (Å²) in [5.41, 5.74) is 0.182. The topological polar surface area (TPSA) is 30.5 Å². The number of rotatable bonds is 7. The largest absolute Gasteiger partial charge is 0.377 e. The Balaban J connectivity index is 1.69. The minimum atomic E-state index is 0.182. The zero-order valence-corrected chi connectivity index (χ0v) is 14.4. The molecule has 0 aromatic carbocycles. The molecule has 2 saturated heterocycles. The number of ether oxygens (including phenoxy) is 2. The summed E-state index contributed by atoms with van der Waals surface area (Å²) < 4.78 is 12.4. The van der Waals surface area contributed by atoms with Crippen LogP contribution in [0.2, 0.25) is 0 Å². The van der Waals surface area contributed by atoms with Gasteiger partial charge in [-0.15, -0.1) is 0 Å². The van der Waals surface area contributed by atoms with E-state index in [1.165, 1.54) is 43.6 Å². The first-order chi connectivity index (χ1) is 10.3. The van der Waals surface area contributed by atoms with Gasteiger partial charge in [0.1, 0.15) is 0 Å². The molecule has 0 aromatic rings. The molecule has 2 aliphatic heterocycles. The molecule has 0 amide bonds. The molecule has 1 spiro atoms. The SMILES string of the molecule is CCNC(C1CCOC2(CCSC2)C1)C(OCC)C1CC1. The summed E-state index contributed by atoms with van der Waals surface area (Å²) >= 11 is 2.07. The van der Waals surface area contributed by atoms with Crippen molar-refractivity contribution < 1.29 is 9.47 Å². The Labute approximate surface area is 133 Å². The van der Waals surface area contributed by atoms with E-state index in [4.69, 9.17) is 9.47 Å². The Bertz CT molecular complexity index is 329. The van der Waals surface area contributed by atoms with Crippen molar-refractivity contribution in [2.45, 2.75) is 63.7 Å². The molecule has 3 nitrogen and oxygen atoms in total. The third-order valence-corrected chi connectivity index (χ3v) is 6.57. The van der Waals surface area contributed by atoms with E-state index in [1.54, 1.807) is 0 Å². The second-order valence-electron chi connectivity index (χ2n) is 6.93. The fraction of sp³-hybridized carbons (Fsp3) is 1.00. The molecular formula is C17H31NO2S. The van der Waals surface area contributed by atoms with Crippen LogP contribution >= 0.6 is 11.8 Å². The van der Waals surface area contributed by atoms with Gasteiger partial charge in [0.2, 0.25) is 0 Å². The van der Waals surface area contributed by atoms with Gasteiger partial charge in [-0.3, -0.25) is 0 Å². The predicted molar refractivity (Wildman–Crippen MR) is 89.0 cm³/mol. The molecule has 21 heavy (non-hydrogen) atoms. The molecule has 4 unspecified atom stereocenters. The molecule has 2 heterocycles. The molecule has 4 atom stereocenters. The van der Waals surface area contributed by atoms with Crippen molar-refractivity contribution in [3.63, 3.8) is 0 Å². The zero-order chi connectivity index (χ0) is 14.7. The summed E-state index contributed by atoms with van der Waals surface area (Å²) in [5.74, 6) is 3.99. The van der Waals surface area contributed by atoms with E-state index in [2.05, 4.69) is 30.9 Å². The fourth-order valence-electron chi connectivity index (χ4n) is 4.17. The van der Waals surface area contributed by atoms with Gasteiger partial charge in [0.15, 0.2) is 0 Å². The standard InChI is InChI=1S/C17H31NO2S/c1-3-18-15(16(19-4-2)13-5-6-13)14-7-9-20-17(11-14)8-10-21-12-17/h13-16,18H,3-12H2,1-2H3. The van der Waals surface area contributed by atoms with Gasteiger partial charge in [-0.25, -0.2) is 0 Å². The van der Waals surface area contributed by atoms with E-state index in [1.807, 2.05) is 0 Å². The number of thioether (sulfide) groups is 1. The summed E-state index contributed by atoms with van der Waals surface area (Å²) in [5, 5.41) is 3.78. The molecule has 3 fully saturated rings. The lowest BCUT2D eigenvalue weighted by atomic mass is 9.78. The highest BCUT2D eigenvalue weighted by Gasteiger charge is 2.46. The van der Waals surface area contributed by atoms with Crippen LogP contribution in [0.4, 0.5) is 0 Å². The molecule has 0 aromatic heterocycles. The number of hydrogen-bond donors (Lipinski definition) is 1. The van der Waals surface area contributed by atoms with Gasteiger partial charge >= 0.3 is 0 Å². The van der Waals surface area contributed by atoms with E-state index < -0.39 is 0 Å². The minimum absolute atomic E-state index is 0.182. The quantitative estimate of drug-likeness (QED) is 0.782. The maximum Gasteiger partial charge on any atom is 0.0783 e. The number of nitrogens with one attached hydrogen (secondary N) is 1. The summed E-state index contributed by atoms with van der Waals surface area (Å²) in [6.45, 7) is 7.19. The van der Waals surface area contributed by atoms with Crippen LogP contribution in [-0.4, -0.2) is 49.0 Å². The Hall–Kier alpha value is 0.230. The van der Waals surface area contributed by atoms with E-state index in [0.29, 0.717) is 12.1 Å². The highest BCUT2D eigenvalue weighted by Crippen LogP contribution is 2.44. The van der Waals surface area contributed by atoms with Crippen LogP contribution in [0, 0.1) is 11.8 Å². The second kappa shape index (κ2) is 7.20. The van der Waals surface area contributed by atoms with Crippen molar-refractivity contribution in [1.82, 2.24) is 5.32 Å². The Morgan fingerprint density at radius 2 is 2.14 bits per heavy atom. The Kier molecular flexibility index (Phi) is 5.52. The number of likely N-dealkylation sites (N-methyl/N-ethyl adjacent to an activating group) is 1. The van der Waals surface area contributed by atoms with Crippen molar-refractivity contribution in [2.75, 3.05) is 31.3 Å². The van der Waals surface area contributed by atoms with Crippen LogP contribution in [0.3, 0.4) is 0 Å². The average molecular weight is 314 g/mol. The molecule has 1 N–H and O–H groups in total. The Morgan fingerprint density at radius 3 is 2.76 bits per heavy atom. The van der Waals surface area contributed by atoms with Gasteiger partial charge in [0, 0.05) is 25.0 Å². The van der Waals surface area contributed by atoms with E-state index in [-0.39, 0.29) is 5.60 Å². The van der Waals surface area contributed by atoms with Crippen LogP contribution in [0.5, 0.6) is 0 Å². The second-order valence-corrected chi connectivity index (χ2v) is 8.03. The van der Waals surface area contributed by atoms with Crippen LogP contribution < -0.4 is 5.32 Å². The van der Waals surface area contributed by atoms with Crippen LogP contribution in [0.25, 0.3) is 0 Å². The maximum atomic E-state index is 6.21. The zero-order valence-electron chi connectivity index (χ0n) is 13.6. The lowest BCUT2D eigenvalue weighted by Gasteiger charge is -2.43. The van der Waals surface area contributed by atoms with Gasteiger partial charge in [0.05, 0.1) is 11.7 Å². The highest BCUT2D eigenvalue weighted by atomic mass is 32.2. The maximum absolute atomic E-state index is 6.21. The third-order valence-electron chi connectivity index (χ3n) is 5.35. The summed E-state index contributed by atoms with van der Waals surface area (Å²) in [6, 6.07) is 0.522. The van der Waals surface area contributed by atoms with Gasteiger partial charge in [-0.2, -0.15) is 11.8 Å². The minimum Gasteiger partial charge on any atom is -0.377 e.